The average Bonchev–Trinajstić information content (AvgIpc) is 2.48. The summed E-state index contributed by atoms with van der Waals surface area (Å²) in [6.07, 6.45) is 1.77. The first kappa shape index (κ1) is 12.8. The first-order valence-corrected chi connectivity index (χ1v) is 6.62. The van der Waals surface area contributed by atoms with Crippen LogP contribution in [0.4, 0.5) is 5.69 Å². The first-order chi connectivity index (χ1) is 9.74. The molecular weight excluding hydrogens is 272 g/mol. The van der Waals surface area contributed by atoms with Gasteiger partial charge in [0.1, 0.15) is 12.4 Å². The lowest BCUT2D eigenvalue weighted by Crippen LogP contribution is -1.97. The summed E-state index contributed by atoms with van der Waals surface area (Å²) in [5, 5.41) is 1.56. The van der Waals surface area contributed by atoms with Gasteiger partial charge in [-0.3, -0.25) is 4.98 Å². The minimum absolute atomic E-state index is 0.440. The first-order valence-electron chi connectivity index (χ1n) is 6.24. The maximum absolute atomic E-state index is 5.90. The molecule has 100 valence electrons. The Kier molecular flexibility index (Phi) is 3.44. The molecule has 0 fully saturated rings. The maximum Gasteiger partial charge on any atom is 0.129 e. The lowest BCUT2D eigenvalue weighted by molar-refractivity contribution is 0.310. The second-order valence-electron chi connectivity index (χ2n) is 4.47. The Morgan fingerprint density at radius 1 is 1.10 bits per heavy atom. The van der Waals surface area contributed by atoms with Crippen LogP contribution in [0, 0.1) is 0 Å². The summed E-state index contributed by atoms with van der Waals surface area (Å²) in [6.45, 7) is 0.440. The Labute approximate surface area is 122 Å². The number of pyridine rings is 1. The number of hydrogen-bond donors (Lipinski definition) is 1. The van der Waals surface area contributed by atoms with Crippen LogP contribution in [0.3, 0.4) is 0 Å². The number of fused-ring (bicyclic) bond motifs is 1. The van der Waals surface area contributed by atoms with Crippen LogP contribution < -0.4 is 10.5 Å². The van der Waals surface area contributed by atoms with Crippen LogP contribution >= 0.6 is 11.6 Å². The number of nitrogen functional groups attached to an aromatic ring is 1. The molecule has 0 aliphatic rings. The molecular formula is C16H13ClN2O. The zero-order valence-electron chi connectivity index (χ0n) is 10.7. The van der Waals surface area contributed by atoms with Crippen molar-refractivity contribution >= 4 is 28.2 Å². The van der Waals surface area contributed by atoms with Gasteiger partial charge in [-0.15, -0.1) is 0 Å². The molecule has 0 radical (unpaired) electrons. The summed E-state index contributed by atoms with van der Waals surface area (Å²) >= 11 is 5.90. The zero-order valence-corrected chi connectivity index (χ0v) is 11.5. The molecule has 0 atom stereocenters. The van der Waals surface area contributed by atoms with Crippen LogP contribution in [0.1, 0.15) is 5.56 Å². The van der Waals surface area contributed by atoms with E-state index < -0.39 is 0 Å². The molecule has 0 aliphatic heterocycles. The molecule has 3 rings (SSSR count). The molecule has 0 spiro atoms. The molecule has 3 nitrogen and oxygen atoms in total. The highest BCUT2D eigenvalue weighted by Gasteiger charge is 2.04. The summed E-state index contributed by atoms with van der Waals surface area (Å²) in [6, 6.07) is 15.2. The van der Waals surface area contributed by atoms with E-state index in [4.69, 9.17) is 22.1 Å². The van der Waals surface area contributed by atoms with Gasteiger partial charge in [-0.25, -0.2) is 0 Å². The predicted octanol–water partition coefficient (Wildman–Crippen LogP) is 4.05. The summed E-state index contributed by atoms with van der Waals surface area (Å²) < 4.78 is 5.86. The number of nitrogens with zero attached hydrogens (tertiary/aromatic N) is 1. The molecule has 0 aliphatic carbocycles. The Hall–Kier alpha value is -2.26. The van der Waals surface area contributed by atoms with Gasteiger partial charge in [0, 0.05) is 11.6 Å². The quantitative estimate of drug-likeness (QED) is 0.738. The smallest absolute Gasteiger partial charge is 0.129 e. The van der Waals surface area contributed by atoms with Gasteiger partial charge in [-0.2, -0.15) is 0 Å². The van der Waals surface area contributed by atoms with E-state index in [1.165, 1.54) is 0 Å². The van der Waals surface area contributed by atoms with E-state index in [0.29, 0.717) is 17.3 Å². The van der Waals surface area contributed by atoms with Crippen molar-refractivity contribution in [2.24, 2.45) is 0 Å². The molecule has 2 aromatic carbocycles. The number of ether oxygens (including phenoxy) is 1. The number of rotatable bonds is 3. The van der Waals surface area contributed by atoms with E-state index in [-0.39, 0.29) is 0 Å². The van der Waals surface area contributed by atoms with Crippen molar-refractivity contribution in [3.05, 3.63) is 65.3 Å². The normalized spacial score (nSPS) is 10.7. The largest absolute Gasteiger partial charge is 0.488 e. The number of anilines is 1. The van der Waals surface area contributed by atoms with Crippen LogP contribution in [0.25, 0.3) is 10.9 Å². The van der Waals surface area contributed by atoms with E-state index in [9.17, 15) is 0 Å². The minimum Gasteiger partial charge on any atom is -0.488 e. The minimum atomic E-state index is 0.440. The Balaban J connectivity index is 1.85. The highest BCUT2D eigenvalue weighted by molar-refractivity contribution is 6.33. The van der Waals surface area contributed by atoms with E-state index in [0.717, 1.165) is 22.2 Å². The Morgan fingerprint density at radius 3 is 2.85 bits per heavy atom. The van der Waals surface area contributed by atoms with E-state index in [1.54, 1.807) is 12.3 Å². The number of hydrogen-bond acceptors (Lipinski definition) is 3. The second kappa shape index (κ2) is 5.39. The third-order valence-electron chi connectivity index (χ3n) is 3.06. The third kappa shape index (κ3) is 2.53. The van der Waals surface area contributed by atoms with Gasteiger partial charge in [0.25, 0.3) is 0 Å². The third-order valence-corrected chi connectivity index (χ3v) is 3.40. The van der Waals surface area contributed by atoms with Crippen molar-refractivity contribution in [3.8, 4) is 5.75 Å². The lowest BCUT2D eigenvalue weighted by Gasteiger charge is -2.09. The summed E-state index contributed by atoms with van der Waals surface area (Å²) in [4.78, 5) is 4.31. The van der Waals surface area contributed by atoms with Crippen LogP contribution in [0.5, 0.6) is 5.75 Å². The van der Waals surface area contributed by atoms with Crippen molar-refractivity contribution in [2.75, 3.05) is 5.73 Å². The van der Waals surface area contributed by atoms with Crippen molar-refractivity contribution in [3.63, 3.8) is 0 Å². The highest BCUT2D eigenvalue weighted by atomic mass is 35.5. The van der Waals surface area contributed by atoms with Crippen molar-refractivity contribution < 1.29 is 4.74 Å². The topological polar surface area (TPSA) is 48.1 Å². The fourth-order valence-electron chi connectivity index (χ4n) is 2.05. The van der Waals surface area contributed by atoms with Gasteiger partial charge in [0.2, 0.25) is 0 Å². The van der Waals surface area contributed by atoms with Crippen LogP contribution in [-0.4, -0.2) is 4.98 Å². The monoisotopic (exact) mass is 284 g/mol. The molecule has 0 amide bonds. The molecule has 0 bridgehead atoms. The Bertz CT molecular complexity index is 753. The summed E-state index contributed by atoms with van der Waals surface area (Å²) in [5.41, 5.74) is 8.24. The molecule has 0 unspecified atom stereocenters. The van der Waals surface area contributed by atoms with Gasteiger partial charge < -0.3 is 10.5 Å². The van der Waals surface area contributed by atoms with E-state index in [2.05, 4.69) is 4.98 Å². The van der Waals surface area contributed by atoms with Crippen molar-refractivity contribution in [1.29, 1.82) is 0 Å². The fraction of sp³-hybridized carbons (Fsp3) is 0.0625. The molecule has 1 aromatic heterocycles. The van der Waals surface area contributed by atoms with Crippen molar-refractivity contribution in [1.82, 2.24) is 4.98 Å². The fourth-order valence-corrected chi connectivity index (χ4v) is 2.16. The van der Waals surface area contributed by atoms with E-state index >= 15 is 0 Å². The standard InChI is InChI=1S/C16H13ClN2O/c17-13-7-6-11(9-14(13)18)10-20-16-5-1-4-15-12(16)3-2-8-19-15/h1-9H,10,18H2. The van der Waals surface area contributed by atoms with Crippen LogP contribution in [0.2, 0.25) is 5.02 Å². The number of aromatic nitrogens is 1. The van der Waals surface area contributed by atoms with Crippen LogP contribution in [-0.2, 0) is 6.61 Å². The summed E-state index contributed by atoms with van der Waals surface area (Å²) in [7, 11) is 0. The van der Waals surface area contributed by atoms with Gasteiger partial charge in [-0.05, 0) is 42.0 Å². The molecule has 0 saturated carbocycles. The zero-order chi connectivity index (χ0) is 13.9. The SMILES string of the molecule is Nc1cc(COc2cccc3ncccc23)ccc1Cl. The molecule has 2 N–H and O–H groups in total. The number of benzene rings is 2. The number of nitrogens with two attached hydrogens (primary N) is 1. The molecule has 0 saturated heterocycles. The van der Waals surface area contributed by atoms with Gasteiger partial charge in [-0.1, -0.05) is 23.7 Å². The van der Waals surface area contributed by atoms with Crippen LogP contribution in [0.15, 0.2) is 54.7 Å². The highest BCUT2D eigenvalue weighted by Crippen LogP contribution is 2.25. The molecule has 20 heavy (non-hydrogen) atoms. The van der Waals surface area contributed by atoms with Gasteiger partial charge >= 0.3 is 0 Å². The van der Waals surface area contributed by atoms with E-state index in [1.807, 2.05) is 42.5 Å². The maximum atomic E-state index is 5.90. The average molecular weight is 285 g/mol. The van der Waals surface area contributed by atoms with Crippen molar-refractivity contribution in [2.45, 2.75) is 6.61 Å². The molecule has 4 heteroatoms. The molecule has 1 heterocycles. The lowest BCUT2D eigenvalue weighted by atomic mass is 10.2. The Morgan fingerprint density at radius 2 is 2.00 bits per heavy atom. The summed E-state index contributed by atoms with van der Waals surface area (Å²) in [5.74, 6) is 0.809. The second-order valence-corrected chi connectivity index (χ2v) is 4.88. The predicted molar refractivity (Wildman–Crippen MR) is 81.9 cm³/mol. The van der Waals surface area contributed by atoms with Gasteiger partial charge in [0.05, 0.1) is 16.2 Å². The van der Waals surface area contributed by atoms with Gasteiger partial charge in [0.15, 0.2) is 0 Å². The molecule has 3 aromatic rings. The number of halogens is 1.